The summed E-state index contributed by atoms with van der Waals surface area (Å²) >= 11 is 0. The monoisotopic (exact) mass is 330 g/mol. The molecule has 0 aliphatic carbocycles. The Morgan fingerprint density at radius 2 is 1.79 bits per heavy atom. The van der Waals surface area contributed by atoms with E-state index in [1.54, 1.807) is 0 Å². The molecule has 1 aromatic carbocycles. The van der Waals surface area contributed by atoms with E-state index in [-0.39, 0.29) is 0 Å². The molecule has 0 amide bonds. The number of guanidine groups is 1. The van der Waals surface area contributed by atoms with Crippen LogP contribution in [-0.4, -0.2) is 61.7 Å². The summed E-state index contributed by atoms with van der Waals surface area (Å²) in [4.78, 5) is 9.76. The summed E-state index contributed by atoms with van der Waals surface area (Å²) < 4.78 is 5.45. The van der Waals surface area contributed by atoms with Crippen LogP contribution in [0.15, 0.2) is 29.3 Å². The molecule has 0 spiro atoms. The molecule has 0 bridgehead atoms. The Hall–Kier alpha value is -1.59. The predicted octanol–water partition coefficient (Wildman–Crippen LogP) is 2.08. The van der Waals surface area contributed by atoms with Gasteiger partial charge in [0.2, 0.25) is 0 Å². The number of benzene rings is 1. The normalized spacial score (nSPS) is 19.7. The summed E-state index contributed by atoms with van der Waals surface area (Å²) in [5.41, 5.74) is 2.72. The van der Waals surface area contributed by atoms with Gasteiger partial charge >= 0.3 is 0 Å². The molecule has 132 valence electrons. The Kier molecular flexibility index (Phi) is 6.49. The van der Waals surface area contributed by atoms with Gasteiger partial charge in [-0.3, -0.25) is 4.90 Å². The first-order valence-electron chi connectivity index (χ1n) is 9.27. The predicted molar refractivity (Wildman–Crippen MR) is 98.2 cm³/mol. The minimum absolute atomic E-state index is 0.749. The molecule has 2 aliphatic heterocycles. The Morgan fingerprint density at radius 3 is 2.50 bits per heavy atom. The Balaban J connectivity index is 1.67. The molecule has 2 fully saturated rings. The van der Waals surface area contributed by atoms with Crippen LogP contribution in [0.4, 0.5) is 0 Å². The van der Waals surface area contributed by atoms with Crippen LogP contribution in [0.3, 0.4) is 0 Å². The Bertz CT molecular complexity index is 534. The van der Waals surface area contributed by atoms with Gasteiger partial charge in [0, 0.05) is 39.3 Å². The first-order chi connectivity index (χ1) is 11.9. The van der Waals surface area contributed by atoms with Crippen LogP contribution in [0.5, 0.6) is 0 Å². The molecular weight excluding hydrogens is 300 g/mol. The lowest BCUT2D eigenvalue weighted by Gasteiger charge is -2.27. The molecule has 1 aromatic rings. The number of hydrogen-bond acceptors (Lipinski definition) is 3. The lowest BCUT2D eigenvalue weighted by Crippen LogP contribution is -2.39. The molecule has 3 rings (SSSR count). The third-order valence-electron chi connectivity index (χ3n) is 4.76. The third kappa shape index (κ3) is 4.71. The van der Waals surface area contributed by atoms with Crippen molar-refractivity contribution in [2.45, 2.75) is 32.9 Å². The highest BCUT2D eigenvalue weighted by Crippen LogP contribution is 2.15. The zero-order chi connectivity index (χ0) is 16.6. The SMILES string of the molecule is CCNC(=NCc1ccccc1CN1CCOCC1)N1CCCC1. The van der Waals surface area contributed by atoms with Gasteiger partial charge in [-0.05, 0) is 30.9 Å². The van der Waals surface area contributed by atoms with Crippen molar-refractivity contribution in [1.29, 1.82) is 0 Å². The van der Waals surface area contributed by atoms with Crippen molar-refractivity contribution in [3.63, 3.8) is 0 Å². The number of ether oxygens (including phenoxy) is 1. The summed E-state index contributed by atoms with van der Waals surface area (Å²) in [6, 6.07) is 8.71. The van der Waals surface area contributed by atoms with Crippen LogP contribution in [0, 0.1) is 0 Å². The van der Waals surface area contributed by atoms with Crippen LogP contribution in [0.1, 0.15) is 30.9 Å². The summed E-state index contributed by atoms with van der Waals surface area (Å²) in [7, 11) is 0. The fraction of sp³-hybridized carbons (Fsp3) is 0.632. The van der Waals surface area contributed by atoms with E-state index in [0.717, 1.165) is 65.0 Å². The zero-order valence-corrected chi connectivity index (χ0v) is 14.8. The van der Waals surface area contributed by atoms with Crippen molar-refractivity contribution >= 4 is 5.96 Å². The Labute approximate surface area is 145 Å². The first kappa shape index (κ1) is 17.2. The van der Waals surface area contributed by atoms with E-state index in [1.807, 2.05) is 0 Å². The summed E-state index contributed by atoms with van der Waals surface area (Å²) in [5, 5.41) is 3.44. The fourth-order valence-corrected chi connectivity index (χ4v) is 3.38. The van der Waals surface area contributed by atoms with E-state index in [2.05, 4.69) is 46.3 Å². The average Bonchev–Trinajstić information content (AvgIpc) is 3.15. The van der Waals surface area contributed by atoms with Crippen molar-refractivity contribution in [2.24, 2.45) is 4.99 Å². The molecular formula is C19H30N4O. The van der Waals surface area contributed by atoms with E-state index in [4.69, 9.17) is 9.73 Å². The molecule has 2 aliphatic rings. The van der Waals surface area contributed by atoms with E-state index < -0.39 is 0 Å². The molecule has 1 N–H and O–H groups in total. The molecule has 5 heteroatoms. The number of rotatable bonds is 5. The van der Waals surface area contributed by atoms with E-state index >= 15 is 0 Å². The molecule has 0 radical (unpaired) electrons. The second-order valence-electron chi connectivity index (χ2n) is 6.52. The van der Waals surface area contributed by atoms with Crippen molar-refractivity contribution in [3.8, 4) is 0 Å². The van der Waals surface area contributed by atoms with Gasteiger partial charge in [0.05, 0.1) is 19.8 Å². The van der Waals surface area contributed by atoms with Gasteiger partial charge in [0.1, 0.15) is 0 Å². The zero-order valence-electron chi connectivity index (χ0n) is 14.8. The van der Waals surface area contributed by atoms with Crippen LogP contribution in [0.25, 0.3) is 0 Å². The highest BCUT2D eigenvalue weighted by atomic mass is 16.5. The van der Waals surface area contributed by atoms with Gasteiger partial charge in [-0.15, -0.1) is 0 Å². The molecule has 0 atom stereocenters. The maximum absolute atomic E-state index is 5.45. The quantitative estimate of drug-likeness (QED) is 0.663. The first-order valence-corrected chi connectivity index (χ1v) is 9.27. The van der Waals surface area contributed by atoms with Crippen molar-refractivity contribution in [3.05, 3.63) is 35.4 Å². The number of nitrogens with one attached hydrogen (secondary N) is 1. The summed E-state index contributed by atoms with van der Waals surface area (Å²) in [6.45, 7) is 10.8. The van der Waals surface area contributed by atoms with Crippen LogP contribution < -0.4 is 5.32 Å². The molecule has 5 nitrogen and oxygen atoms in total. The molecule has 0 unspecified atom stereocenters. The molecule has 0 saturated carbocycles. The smallest absolute Gasteiger partial charge is 0.194 e. The van der Waals surface area contributed by atoms with Crippen LogP contribution in [0.2, 0.25) is 0 Å². The van der Waals surface area contributed by atoms with Gasteiger partial charge in [0.15, 0.2) is 5.96 Å². The Morgan fingerprint density at radius 1 is 1.08 bits per heavy atom. The molecule has 24 heavy (non-hydrogen) atoms. The van der Waals surface area contributed by atoms with Crippen molar-refractivity contribution < 1.29 is 4.74 Å². The summed E-state index contributed by atoms with van der Waals surface area (Å²) in [5.74, 6) is 1.07. The number of nitrogens with zero attached hydrogens (tertiary/aromatic N) is 3. The standard InChI is InChI=1S/C19H30N4O/c1-2-20-19(23-9-5-6-10-23)21-15-17-7-3-4-8-18(17)16-22-11-13-24-14-12-22/h3-4,7-8H,2,5-6,9-16H2,1H3,(H,20,21). The number of hydrogen-bond donors (Lipinski definition) is 1. The second kappa shape index (κ2) is 9.04. The summed E-state index contributed by atoms with van der Waals surface area (Å²) in [6.07, 6.45) is 2.55. The number of aliphatic imine (C=N–C) groups is 1. The minimum atomic E-state index is 0.749. The second-order valence-corrected chi connectivity index (χ2v) is 6.52. The lowest BCUT2D eigenvalue weighted by molar-refractivity contribution is 0.0341. The van der Waals surface area contributed by atoms with Crippen molar-refractivity contribution in [2.75, 3.05) is 45.9 Å². The average molecular weight is 330 g/mol. The maximum Gasteiger partial charge on any atom is 0.194 e. The largest absolute Gasteiger partial charge is 0.379 e. The van der Waals surface area contributed by atoms with Gasteiger partial charge < -0.3 is 15.0 Å². The van der Waals surface area contributed by atoms with E-state index in [9.17, 15) is 0 Å². The minimum Gasteiger partial charge on any atom is -0.379 e. The molecule has 0 aromatic heterocycles. The van der Waals surface area contributed by atoms with Crippen LogP contribution in [-0.2, 0) is 17.8 Å². The topological polar surface area (TPSA) is 40.1 Å². The van der Waals surface area contributed by atoms with E-state index in [1.165, 1.54) is 24.0 Å². The molecule has 2 heterocycles. The van der Waals surface area contributed by atoms with Gasteiger partial charge in [0.25, 0.3) is 0 Å². The van der Waals surface area contributed by atoms with Gasteiger partial charge in [-0.25, -0.2) is 4.99 Å². The third-order valence-corrected chi connectivity index (χ3v) is 4.76. The maximum atomic E-state index is 5.45. The van der Waals surface area contributed by atoms with Crippen molar-refractivity contribution in [1.82, 2.24) is 15.1 Å². The highest BCUT2D eigenvalue weighted by molar-refractivity contribution is 5.80. The highest BCUT2D eigenvalue weighted by Gasteiger charge is 2.16. The van der Waals surface area contributed by atoms with Crippen LogP contribution >= 0.6 is 0 Å². The number of likely N-dealkylation sites (tertiary alicyclic amines) is 1. The van der Waals surface area contributed by atoms with E-state index in [0.29, 0.717) is 0 Å². The lowest BCUT2D eigenvalue weighted by atomic mass is 10.1. The van der Waals surface area contributed by atoms with Gasteiger partial charge in [-0.2, -0.15) is 0 Å². The molecule has 2 saturated heterocycles. The fourth-order valence-electron chi connectivity index (χ4n) is 3.38. The van der Waals surface area contributed by atoms with Gasteiger partial charge in [-0.1, -0.05) is 24.3 Å². The number of morpholine rings is 1.